The minimum absolute atomic E-state index is 0.153. The number of hydrogen-bond acceptors (Lipinski definition) is 6. The Kier molecular flexibility index (Phi) is 6.64. The van der Waals surface area contributed by atoms with E-state index in [0.717, 1.165) is 56.8 Å². The maximum absolute atomic E-state index is 12.5. The zero-order chi connectivity index (χ0) is 18.4. The van der Waals surface area contributed by atoms with Crippen molar-refractivity contribution in [2.75, 3.05) is 52.7 Å². The number of nitrogens with zero attached hydrogens (tertiary/aromatic N) is 1. The summed E-state index contributed by atoms with van der Waals surface area (Å²) in [4.78, 5) is 14.9. The molecule has 0 aliphatic carbocycles. The average Bonchev–Trinajstić information content (AvgIpc) is 3.11. The maximum Gasteiger partial charge on any atom is 0.313 e. The van der Waals surface area contributed by atoms with Crippen LogP contribution in [0, 0.1) is 0 Å². The van der Waals surface area contributed by atoms with Crippen molar-refractivity contribution in [3.05, 3.63) is 35.4 Å². The molecule has 0 spiro atoms. The van der Waals surface area contributed by atoms with Gasteiger partial charge in [-0.05, 0) is 37.4 Å². The van der Waals surface area contributed by atoms with E-state index in [2.05, 4.69) is 4.90 Å². The van der Waals surface area contributed by atoms with Crippen LogP contribution in [0.3, 0.4) is 0 Å². The van der Waals surface area contributed by atoms with Gasteiger partial charge < -0.3 is 19.9 Å². The maximum atomic E-state index is 12.5. The molecular weight excluding hydrogens is 332 g/mol. The quantitative estimate of drug-likeness (QED) is 0.743. The summed E-state index contributed by atoms with van der Waals surface area (Å²) in [5, 5.41) is 0. The molecule has 3 rings (SSSR count). The average molecular weight is 362 g/mol. The number of carbonyl (C=O) groups excluding carboxylic acids is 1. The fourth-order valence-corrected chi connectivity index (χ4v) is 3.66. The number of nitrogens with two attached hydrogens (primary N) is 1. The molecule has 2 fully saturated rings. The van der Waals surface area contributed by atoms with Crippen molar-refractivity contribution >= 4 is 5.97 Å². The van der Waals surface area contributed by atoms with Gasteiger partial charge in [-0.15, -0.1) is 0 Å². The van der Waals surface area contributed by atoms with Gasteiger partial charge in [0.25, 0.3) is 0 Å². The summed E-state index contributed by atoms with van der Waals surface area (Å²) in [6.07, 6.45) is 1.57. The van der Waals surface area contributed by atoms with Gasteiger partial charge in [0.05, 0.1) is 37.9 Å². The Morgan fingerprint density at radius 3 is 2.58 bits per heavy atom. The Morgan fingerprint density at radius 2 is 1.96 bits per heavy atom. The molecule has 2 unspecified atom stereocenters. The van der Waals surface area contributed by atoms with Crippen molar-refractivity contribution in [3.63, 3.8) is 0 Å². The van der Waals surface area contributed by atoms with Crippen molar-refractivity contribution in [2.24, 2.45) is 5.73 Å². The summed E-state index contributed by atoms with van der Waals surface area (Å²) < 4.78 is 16.2. The minimum atomic E-state index is -0.411. The van der Waals surface area contributed by atoms with Gasteiger partial charge in [0.1, 0.15) is 0 Å². The van der Waals surface area contributed by atoms with Crippen molar-refractivity contribution in [2.45, 2.75) is 31.2 Å². The molecule has 0 aromatic heterocycles. The molecule has 144 valence electrons. The molecule has 0 bridgehead atoms. The largest absolute Gasteiger partial charge is 0.466 e. The second-order valence-corrected chi connectivity index (χ2v) is 7.13. The van der Waals surface area contributed by atoms with Crippen LogP contribution in [0.15, 0.2) is 24.3 Å². The van der Waals surface area contributed by atoms with Crippen LogP contribution in [0.25, 0.3) is 0 Å². The third-order valence-electron chi connectivity index (χ3n) is 5.35. The number of hydrogen-bond donors (Lipinski definition) is 1. The van der Waals surface area contributed by atoms with E-state index in [1.807, 2.05) is 31.2 Å². The lowest BCUT2D eigenvalue weighted by Crippen LogP contribution is -2.38. The molecule has 2 N–H and O–H groups in total. The van der Waals surface area contributed by atoms with Crippen molar-refractivity contribution in [3.8, 4) is 0 Å². The first kappa shape index (κ1) is 19.3. The van der Waals surface area contributed by atoms with E-state index in [1.54, 1.807) is 0 Å². The number of esters is 1. The first-order valence-electron chi connectivity index (χ1n) is 9.56. The molecule has 6 nitrogen and oxygen atoms in total. The molecule has 26 heavy (non-hydrogen) atoms. The second-order valence-electron chi connectivity index (χ2n) is 7.13. The number of morpholine rings is 1. The lowest BCUT2D eigenvalue weighted by molar-refractivity contribution is -0.145. The van der Waals surface area contributed by atoms with Crippen molar-refractivity contribution < 1.29 is 19.0 Å². The monoisotopic (exact) mass is 362 g/mol. The minimum Gasteiger partial charge on any atom is -0.466 e. The highest BCUT2D eigenvalue weighted by Crippen LogP contribution is 2.30. The predicted octanol–water partition coefficient (Wildman–Crippen LogP) is 1.63. The highest BCUT2D eigenvalue weighted by Gasteiger charge is 2.32. The SMILES string of the molecule is CCOC(=O)C(CCN1CCOCC1)c1ccc(C2(N)CCOC2)cc1. The Bertz CT molecular complexity index is 578. The normalized spacial score (nSPS) is 25.2. The van der Waals surface area contributed by atoms with Gasteiger partial charge in [-0.2, -0.15) is 0 Å². The van der Waals surface area contributed by atoms with E-state index in [1.165, 1.54) is 0 Å². The zero-order valence-corrected chi connectivity index (χ0v) is 15.6. The van der Waals surface area contributed by atoms with Gasteiger partial charge in [0, 0.05) is 19.7 Å². The lowest BCUT2D eigenvalue weighted by Gasteiger charge is -2.28. The molecule has 2 saturated heterocycles. The van der Waals surface area contributed by atoms with E-state index >= 15 is 0 Å². The molecule has 6 heteroatoms. The molecule has 2 aliphatic heterocycles. The summed E-state index contributed by atoms with van der Waals surface area (Å²) >= 11 is 0. The van der Waals surface area contributed by atoms with E-state index in [4.69, 9.17) is 19.9 Å². The Labute approximate surface area is 155 Å². The van der Waals surface area contributed by atoms with Crippen LogP contribution in [-0.4, -0.2) is 63.5 Å². The Morgan fingerprint density at radius 1 is 1.23 bits per heavy atom. The van der Waals surface area contributed by atoms with Crippen LogP contribution in [-0.2, 0) is 24.5 Å². The molecule has 1 aromatic carbocycles. The number of benzene rings is 1. The van der Waals surface area contributed by atoms with Crippen LogP contribution in [0.2, 0.25) is 0 Å². The predicted molar refractivity (Wildman–Crippen MR) is 99.0 cm³/mol. The van der Waals surface area contributed by atoms with Gasteiger partial charge in [-0.1, -0.05) is 24.3 Å². The summed E-state index contributed by atoms with van der Waals surface area (Å²) in [7, 11) is 0. The van der Waals surface area contributed by atoms with Crippen molar-refractivity contribution in [1.29, 1.82) is 0 Å². The molecule has 2 heterocycles. The van der Waals surface area contributed by atoms with Gasteiger partial charge in [0.2, 0.25) is 0 Å². The standard InChI is InChI=1S/C20H30N2O4/c1-2-26-19(23)18(7-9-22-10-13-24-14-11-22)16-3-5-17(6-4-16)20(21)8-12-25-15-20/h3-6,18H,2,7-15,21H2,1H3. The van der Waals surface area contributed by atoms with Crippen LogP contribution in [0.4, 0.5) is 0 Å². The molecule has 2 atom stereocenters. The van der Waals surface area contributed by atoms with E-state index in [-0.39, 0.29) is 11.9 Å². The first-order valence-corrected chi connectivity index (χ1v) is 9.56. The molecule has 1 aromatic rings. The van der Waals surface area contributed by atoms with Crippen molar-refractivity contribution in [1.82, 2.24) is 4.90 Å². The Balaban J connectivity index is 1.69. The van der Waals surface area contributed by atoms with Crippen LogP contribution >= 0.6 is 0 Å². The number of carbonyl (C=O) groups is 1. The topological polar surface area (TPSA) is 74.0 Å². The summed E-state index contributed by atoms with van der Waals surface area (Å²) in [6.45, 7) is 7.72. The van der Waals surface area contributed by atoms with Crippen LogP contribution in [0.1, 0.15) is 36.8 Å². The van der Waals surface area contributed by atoms with Gasteiger partial charge in [0.15, 0.2) is 0 Å². The molecule has 0 amide bonds. The smallest absolute Gasteiger partial charge is 0.313 e. The fourth-order valence-electron chi connectivity index (χ4n) is 3.66. The third kappa shape index (κ3) is 4.62. The highest BCUT2D eigenvalue weighted by atomic mass is 16.5. The van der Waals surface area contributed by atoms with Gasteiger partial charge in [-0.3, -0.25) is 9.69 Å². The molecule has 2 aliphatic rings. The van der Waals surface area contributed by atoms with Gasteiger partial charge in [-0.25, -0.2) is 0 Å². The lowest BCUT2D eigenvalue weighted by atomic mass is 9.87. The molecular formula is C20H30N2O4. The van der Waals surface area contributed by atoms with E-state index in [0.29, 0.717) is 19.8 Å². The van der Waals surface area contributed by atoms with Gasteiger partial charge >= 0.3 is 5.97 Å². The zero-order valence-electron chi connectivity index (χ0n) is 15.6. The third-order valence-corrected chi connectivity index (χ3v) is 5.35. The second kappa shape index (κ2) is 8.95. The fraction of sp³-hybridized carbons (Fsp3) is 0.650. The van der Waals surface area contributed by atoms with E-state index < -0.39 is 5.54 Å². The summed E-state index contributed by atoms with van der Waals surface area (Å²) in [5.74, 6) is -0.402. The molecule has 0 radical (unpaired) electrons. The number of ether oxygens (including phenoxy) is 3. The summed E-state index contributed by atoms with van der Waals surface area (Å²) in [5.41, 5.74) is 8.08. The Hall–Kier alpha value is -1.47. The van der Waals surface area contributed by atoms with E-state index in [9.17, 15) is 4.79 Å². The van der Waals surface area contributed by atoms with Crippen LogP contribution < -0.4 is 5.73 Å². The molecule has 0 saturated carbocycles. The highest BCUT2D eigenvalue weighted by molar-refractivity contribution is 5.78. The number of rotatable bonds is 7. The van der Waals surface area contributed by atoms with Crippen LogP contribution in [0.5, 0.6) is 0 Å². The summed E-state index contributed by atoms with van der Waals surface area (Å²) in [6, 6.07) is 8.10. The first-order chi connectivity index (χ1) is 12.6.